The summed E-state index contributed by atoms with van der Waals surface area (Å²) >= 11 is 1.29. The number of nitrogens with one attached hydrogen (secondary N) is 1. The molecule has 26 heavy (non-hydrogen) atoms. The Labute approximate surface area is 157 Å². The molecule has 3 rings (SSSR count). The number of amides is 1. The van der Waals surface area contributed by atoms with Gasteiger partial charge in [-0.1, -0.05) is 18.2 Å². The summed E-state index contributed by atoms with van der Waals surface area (Å²) in [6, 6.07) is 8.64. The van der Waals surface area contributed by atoms with Gasteiger partial charge in [0.25, 0.3) is 5.91 Å². The van der Waals surface area contributed by atoms with Crippen LogP contribution in [0.4, 0.5) is 5.82 Å². The average molecular weight is 396 g/mol. The first-order chi connectivity index (χ1) is 12.2. The third-order valence-corrected chi connectivity index (χ3v) is 8.00. The van der Waals surface area contributed by atoms with Crippen LogP contribution in [0.1, 0.15) is 29.2 Å². The number of nitrogen functional groups attached to an aromatic ring is 1. The van der Waals surface area contributed by atoms with E-state index in [0.717, 1.165) is 0 Å². The summed E-state index contributed by atoms with van der Waals surface area (Å²) < 4.78 is 22.7. The number of guanidine groups is 1. The minimum absolute atomic E-state index is 0.0771. The molecule has 1 aromatic heterocycles. The number of hydrogen-bond acceptors (Lipinski definition) is 8. The zero-order valence-electron chi connectivity index (χ0n) is 14.6. The molecule has 2 unspecified atom stereocenters. The molecule has 2 atom stereocenters. The van der Waals surface area contributed by atoms with Crippen molar-refractivity contribution in [3.63, 3.8) is 0 Å². The molecule has 0 spiro atoms. The molecule has 2 aromatic rings. The summed E-state index contributed by atoms with van der Waals surface area (Å²) in [4.78, 5) is 21.4. The quantitative estimate of drug-likeness (QED) is 0.620. The maximum absolute atomic E-state index is 12.5. The fraction of sp³-hybridized carbons (Fsp3) is 0.312. The summed E-state index contributed by atoms with van der Waals surface area (Å²) in [6.07, 6.45) is 0. The highest BCUT2D eigenvalue weighted by atomic mass is 32.3. The van der Waals surface area contributed by atoms with E-state index >= 15 is 0 Å². The maximum Gasteiger partial charge on any atom is 0.257 e. The van der Waals surface area contributed by atoms with Crippen LogP contribution >= 0.6 is 22.1 Å². The molecule has 0 saturated carbocycles. The monoisotopic (exact) mass is 395 g/mol. The average Bonchev–Trinajstić information content (AvgIpc) is 3.06. The van der Waals surface area contributed by atoms with Crippen molar-refractivity contribution >= 4 is 39.8 Å². The Bertz CT molecular complexity index is 855. The predicted octanol–water partition coefficient (Wildman–Crippen LogP) is 2.73. The van der Waals surface area contributed by atoms with E-state index in [0.29, 0.717) is 16.4 Å². The largest absolute Gasteiger partial charge is 0.383 e. The number of aliphatic imine (C=N–C) groups is 1. The van der Waals surface area contributed by atoms with E-state index in [2.05, 4.69) is 15.3 Å². The fourth-order valence-electron chi connectivity index (χ4n) is 2.66. The van der Waals surface area contributed by atoms with Gasteiger partial charge in [-0.05, 0) is 26.0 Å². The van der Waals surface area contributed by atoms with Crippen molar-refractivity contribution in [2.45, 2.75) is 24.6 Å². The molecule has 0 fully saturated rings. The number of hydrogen-bond donors (Lipinski definition) is 4. The number of rotatable bonds is 2. The molecule has 5 N–H and O–H groups in total. The Balaban J connectivity index is 2.02. The molecule has 0 saturated heterocycles. The van der Waals surface area contributed by atoms with E-state index in [1.54, 1.807) is 43.5 Å². The van der Waals surface area contributed by atoms with Crippen LogP contribution in [0.25, 0.3) is 0 Å². The summed E-state index contributed by atoms with van der Waals surface area (Å²) in [5.74, 6) is 0.0362. The molecule has 0 radical (unpaired) electrons. The summed E-state index contributed by atoms with van der Waals surface area (Å²) in [6.45, 7) is 3.45. The lowest BCUT2D eigenvalue weighted by Gasteiger charge is -2.53. The highest BCUT2D eigenvalue weighted by molar-refractivity contribution is 8.23. The second-order valence-electron chi connectivity index (χ2n) is 6.18. The van der Waals surface area contributed by atoms with Crippen LogP contribution in [0.2, 0.25) is 0 Å². The van der Waals surface area contributed by atoms with Gasteiger partial charge in [-0.2, -0.15) is 0 Å². The Morgan fingerprint density at radius 1 is 1.38 bits per heavy atom. The zero-order chi connectivity index (χ0) is 19.1. The number of benzene rings is 1. The Morgan fingerprint density at radius 2 is 2.04 bits per heavy atom. The van der Waals surface area contributed by atoms with E-state index in [1.165, 1.54) is 22.7 Å². The second kappa shape index (κ2) is 6.54. The van der Waals surface area contributed by atoms with Gasteiger partial charge in [-0.3, -0.25) is 19.2 Å². The second-order valence-corrected chi connectivity index (χ2v) is 9.42. The number of aromatic nitrogens is 1. The first-order valence-corrected chi connectivity index (χ1v) is 10.3. The van der Waals surface area contributed by atoms with E-state index in [-0.39, 0.29) is 11.9 Å². The number of carbonyl (C=O) groups excluding carboxylic acids is 1. The first-order valence-electron chi connectivity index (χ1n) is 7.85. The molecule has 1 amide bonds. The zero-order valence-corrected chi connectivity index (χ0v) is 16.2. The van der Waals surface area contributed by atoms with Crippen molar-refractivity contribution < 1.29 is 13.9 Å². The van der Waals surface area contributed by atoms with E-state index < -0.39 is 21.6 Å². The predicted molar refractivity (Wildman–Crippen MR) is 105 cm³/mol. The van der Waals surface area contributed by atoms with Crippen molar-refractivity contribution in [3.8, 4) is 0 Å². The van der Waals surface area contributed by atoms with Gasteiger partial charge in [0.2, 0.25) is 5.96 Å². The lowest BCUT2D eigenvalue weighted by Crippen LogP contribution is -2.54. The van der Waals surface area contributed by atoms with Crippen LogP contribution in [0.3, 0.4) is 0 Å². The smallest absolute Gasteiger partial charge is 0.257 e. The van der Waals surface area contributed by atoms with E-state index in [4.69, 9.17) is 5.73 Å². The molecule has 2 heterocycles. The minimum atomic E-state index is -3.25. The summed E-state index contributed by atoms with van der Waals surface area (Å²) in [7, 11) is -1.76. The molecule has 140 valence electrons. The van der Waals surface area contributed by atoms with Gasteiger partial charge in [0, 0.05) is 18.0 Å². The topological polar surface area (TPSA) is 124 Å². The van der Waals surface area contributed by atoms with Crippen molar-refractivity contribution in [3.05, 3.63) is 46.3 Å². The van der Waals surface area contributed by atoms with Gasteiger partial charge < -0.3 is 5.73 Å². The molecule has 1 aliphatic heterocycles. The third kappa shape index (κ3) is 3.05. The number of carbonyl (C=O) groups is 1. The number of thiazole rings is 1. The van der Waals surface area contributed by atoms with Crippen molar-refractivity contribution in [2.75, 3.05) is 12.8 Å². The lowest BCUT2D eigenvalue weighted by molar-refractivity contribution is 0.0973. The molecule has 1 aromatic carbocycles. The molecule has 0 bridgehead atoms. The summed E-state index contributed by atoms with van der Waals surface area (Å²) in [5.41, 5.74) is 5.14. The van der Waals surface area contributed by atoms with Gasteiger partial charge in [0.05, 0.1) is 5.25 Å². The van der Waals surface area contributed by atoms with Crippen LogP contribution in [0.5, 0.6) is 0 Å². The fourth-order valence-corrected chi connectivity index (χ4v) is 5.24. The minimum Gasteiger partial charge on any atom is -0.383 e. The number of anilines is 1. The van der Waals surface area contributed by atoms with Crippen LogP contribution in [0, 0.1) is 0 Å². The molecule has 10 heteroatoms. The van der Waals surface area contributed by atoms with Gasteiger partial charge in [-0.15, -0.1) is 22.1 Å². The summed E-state index contributed by atoms with van der Waals surface area (Å²) in [5, 5.41) is 4.26. The Morgan fingerprint density at radius 3 is 2.62 bits per heavy atom. The van der Waals surface area contributed by atoms with Gasteiger partial charge in [0.1, 0.15) is 16.4 Å². The third-order valence-electron chi connectivity index (χ3n) is 4.52. The van der Waals surface area contributed by atoms with Crippen molar-refractivity contribution in [1.82, 2.24) is 14.6 Å². The lowest BCUT2D eigenvalue weighted by atomic mass is 10.0. The maximum atomic E-state index is 12.5. The SMILES string of the molecule is CC1C(C)(c2nc(N)cs2)N=C(NC(=O)c2ccccc2)N(C)S1(O)O. The Hall–Kier alpha value is -2.14. The van der Waals surface area contributed by atoms with Crippen LogP contribution < -0.4 is 11.1 Å². The van der Waals surface area contributed by atoms with E-state index in [1.807, 2.05) is 6.07 Å². The standard InChI is InChI=1S/C16H21N5O3S2/c1-10-16(2,14-18-12(17)9-25-14)20-15(21(3)26(10,23)24)19-13(22)11-7-5-4-6-8-11/h4-10,23-24H,17H2,1-3H3,(H,19,20,22). The molecular formula is C16H21N5O3S2. The van der Waals surface area contributed by atoms with Crippen LogP contribution in [-0.4, -0.2) is 42.6 Å². The Kier molecular flexibility index (Phi) is 4.69. The van der Waals surface area contributed by atoms with Crippen LogP contribution in [0.15, 0.2) is 40.7 Å². The van der Waals surface area contributed by atoms with Crippen LogP contribution in [-0.2, 0) is 5.54 Å². The highest BCUT2D eigenvalue weighted by Gasteiger charge is 2.50. The van der Waals surface area contributed by atoms with Gasteiger partial charge in [0.15, 0.2) is 0 Å². The molecular weight excluding hydrogens is 374 g/mol. The highest BCUT2D eigenvalue weighted by Crippen LogP contribution is 2.57. The van der Waals surface area contributed by atoms with Crippen molar-refractivity contribution in [2.24, 2.45) is 4.99 Å². The van der Waals surface area contributed by atoms with E-state index in [9.17, 15) is 13.9 Å². The molecule has 0 aliphatic carbocycles. The van der Waals surface area contributed by atoms with Gasteiger partial charge >= 0.3 is 0 Å². The molecule has 1 aliphatic rings. The number of nitrogens with zero attached hydrogens (tertiary/aromatic N) is 3. The first kappa shape index (κ1) is 18.6. The van der Waals surface area contributed by atoms with Gasteiger partial charge in [-0.25, -0.2) is 14.3 Å². The molecule has 8 nitrogen and oxygen atoms in total. The number of nitrogens with two attached hydrogens (primary N) is 1. The normalized spacial score (nSPS) is 26.1. The van der Waals surface area contributed by atoms with Crippen molar-refractivity contribution in [1.29, 1.82) is 0 Å².